The molecule has 3 rings (SSSR count). The average molecular weight is 251 g/mol. The van der Waals surface area contributed by atoms with E-state index >= 15 is 0 Å². The first-order chi connectivity index (χ1) is 8.83. The lowest BCUT2D eigenvalue weighted by Crippen LogP contribution is -2.38. The molecule has 4 nitrogen and oxygen atoms in total. The van der Waals surface area contributed by atoms with Crippen LogP contribution in [-0.4, -0.2) is 42.6 Å². The highest BCUT2D eigenvalue weighted by Gasteiger charge is 2.36. The van der Waals surface area contributed by atoms with Crippen LogP contribution in [0.25, 0.3) is 0 Å². The average Bonchev–Trinajstić information content (AvgIpc) is 2.67. The maximum Gasteiger partial charge on any atom is 0.317 e. The fraction of sp³-hybridized carbons (Fsp3) is 0.929. The minimum Gasteiger partial charge on any atom is -0.333 e. The molecule has 2 aliphatic heterocycles. The molecule has 0 aromatic rings. The summed E-state index contributed by atoms with van der Waals surface area (Å²) in [6.07, 6.45) is 9.01. The van der Waals surface area contributed by atoms with Gasteiger partial charge in [0.2, 0.25) is 0 Å². The normalized spacial score (nSPS) is 33.3. The highest BCUT2D eigenvalue weighted by Crippen LogP contribution is 2.31. The molecule has 18 heavy (non-hydrogen) atoms. The molecule has 0 spiro atoms. The van der Waals surface area contributed by atoms with Crippen molar-refractivity contribution in [1.82, 2.24) is 15.5 Å². The smallest absolute Gasteiger partial charge is 0.317 e. The van der Waals surface area contributed by atoms with Gasteiger partial charge in [0.05, 0.1) is 6.04 Å². The van der Waals surface area contributed by atoms with E-state index in [9.17, 15) is 4.79 Å². The van der Waals surface area contributed by atoms with Gasteiger partial charge in [-0.3, -0.25) is 0 Å². The Morgan fingerprint density at radius 1 is 1.17 bits per heavy atom. The van der Waals surface area contributed by atoms with E-state index in [-0.39, 0.29) is 6.03 Å². The third kappa shape index (κ3) is 2.63. The molecule has 4 heteroatoms. The molecular weight excluding hydrogens is 226 g/mol. The maximum atomic E-state index is 11.9. The summed E-state index contributed by atoms with van der Waals surface area (Å²) in [4.78, 5) is 13.9. The number of nitrogens with one attached hydrogen (secondary N) is 2. The predicted molar refractivity (Wildman–Crippen MR) is 71.5 cm³/mol. The van der Waals surface area contributed by atoms with Crippen molar-refractivity contribution in [3.8, 4) is 0 Å². The summed E-state index contributed by atoms with van der Waals surface area (Å²) in [6, 6.07) is 1.24. The third-order valence-corrected chi connectivity index (χ3v) is 4.89. The van der Waals surface area contributed by atoms with E-state index in [1.165, 1.54) is 38.5 Å². The number of carbonyl (C=O) groups excluding carboxylic acids is 1. The lowest BCUT2D eigenvalue weighted by atomic mass is 9.80. The Hall–Kier alpha value is -0.770. The van der Waals surface area contributed by atoms with Crippen LogP contribution < -0.4 is 10.6 Å². The summed E-state index contributed by atoms with van der Waals surface area (Å²) >= 11 is 0. The van der Waals surface area contributed by atoms with Gasteiger partial charge >= 0.3 is 6.03 Å². The second-order valence-corrected chi connectivity index (χ2v) is 6.13. The molecule has 2 saturated heterocycles. The molecule has 0 radical (unpaired) electrons. The van der Waals surface area contributed by atoms with Gasteiger partial charge in [-0.15, -0.1) is 0 Å². The Bertz CT molecular complexity index is 297. The molecule has 2 atom stereocenters. The van der Waals surface area contributed by atoms with Gasteiger partial charge in [-0.2, -0.15) is 0 Å². The second kappa shape index (κ2) is 5.47. The fourth-order valence-electron chi connectivity index (χ4n) is 3.40. The van der Waals surface area contributed by atoms with E-state index < -0.39 is 0 Å². The van der Waals surface area contributed by atoms with Crippen molar-refractivity contribution < 1.29 is 4.79 Å². The van der Waals surface area contributed by atoms with Crippen molar-refractivity contribution in [2.75, 3.05) is 19.6 Å². The Balaban J connectivity index is 1.43. The zero-order valence-electron chi connectivity index (χ0n) is 11.2. The highest BCUT2D eigenvalue weighted by atomic mass is 16.2. The number of piperidine rings is 1. The number of carbonyl (C=O) groups is 1. The molecule has 1 saturated carbocycles. The van der Waals surface area contributed by atoms with Gasteiger partial charge in [0.25, 0.3) is 0 Å². The maximum absolute atomic E-state index is 11.9. The lowest BCUT2D eigenvalue weighted by Gasteiger charge is -2.30. The van der Waals surface area contributed by atoms with Crippen molar-refractivity contribution in [3.63, 3.8) is 0 Å². The first-order valence-electron chi connectivity index (χ1n) is 7.62. The summed E-state index contributed by atoms with van der Waals surface area (Å²) < 4.78 is 0. The van der Waals surface area contributed by atoms with Crippen LogP contribution in [0.1, 0.15) is 44.9 Å². The Morgan fingerprint density at radius 3 is 2.72 bits per heavy atom. The van der Waals surface area contributed by atoms with E-state index in [1.54, 1.807) is 0 Å². The molecule has 0 aromatic carbocycles. The van der Waals surface area contributed by atoms with Crippen molar-refractivity contribution in [2.24, 2.45) is 5.92 Å². The summed E-state index contributed by atoms with van der Waals surface area (Å²) in [5.41, 5.74) is 0. The van der Waals surface area contributed by atoms with E-state index in [0.29, 0.717) is 12.1 Å². The molecule has 2 N–H and O–H groups in total. The molecule has 2 heterocycles. The van der Waals surface area contributed by atoms with Crippen molar-refractivity contribution in [2.45, 2.75) is 57.0 Å². The van der Waals surface area contributed by atoms with Crippen molar-refractivity contribution in [3.05, 3.63) is 0 Å². The fourth-order valence-corrected chi connectivity index (χ4v) is 3.40. The number of urea groups is 1. The second-order valence-electron chi connectivity index (χ2n) is 6.13. The first kappa shape index (κ1) is 12.3. The van der Waals surface area contributed by atoms with Crippen molar-refractivity contribution in [1.29, 1.82) is 0 Å². The molecular formula is C14H25N3O. The molecule has 0 aromatic heterocycles. The first-order valence-corrected chi connectivity index (χ1v) is 7.62. The van der Waals surface area contributed by atoms with Crippen LogP contribution in [0.2, 0.25) is 0 Å². The topological polar surface area (TPSA) is 44.4 Å². The Labute approximate surface area is 109 Å². The number of amides is 2. The van der Waals surface area contributed by atoms with Gasteiger partial charge in [0.1, 0.15) is 0 Å². The van der Waals surface area contributed by atoms with Crippen LogP contribution in [0, 0.1) is 5.92 Å². The summed E-state index contributed by atoms with van der Waals surface area (Å²) in [5.74, 6) is 0.756. The van der Waals surface area contributed by atoms with Gasteiger partial charge in [-0.25, -0.2) is 4.79 Å². The molecule has 2 amide bonds. The standard InChI is InChI=1S/C14H25N3O/c18-14-16-13(11-4-3-5-11)10-17(14)9-7-12-6-1-2-8-15-12/h11-13,15H,1-10H2,(H,16,18). The molecule has 3 aliphatic rings. The van der Waals surface area contributed by atoms with Gasteiger partial charge in [0.15, 0.2) is 0 Å². The zero-order chi connectivity index (χ0) is 12.4. The molecule has 102 valence electrons. The van der Waals surface area contributed by atoms with Gasteiger partial charge in [-0.05, 0) is 44.6 Å². The predicted octanol–water partition coefficient (Wildman–Crippen LogP) is 1.71. The SMILES string of the molecule is O=C1NC(C2CCC2)CN1CCC1CCCCN1. The Kier molecular flexibility index (Phi) is 3.73. The minimum atomic E-state index is 0.169. The van der Waals surface area contributed by atoms with Crippen LogP contribution in [0.15, 0.2) is 0 Å². The third-order valence-electron chi connectivity index (χ3n) is 4.89. The van der Waals surface area contributed by atoms with E-state index in [0.717, 1.165) is 32.0 Å². The number of hydrogen-bond acceptors (Lipinski definition) is 2. The van der Waals surface area contributed by atoms with E-state index in [4.69, 9.17) is 0 Å². The summed E-state index contributed by atoms with van der Waals surface area (Å²) in [7, 11) is 0. The van der Waals surface area contributed by atoms with Crippen LogP contribution in [0.5, 0.6) is 0 Å². The van der Waals surface area contributed by atoms with Gasteiger partial charge in [-0.1, -0.05) is 12.8 Å². The van der Waals surface area contributed by atoms with Crippen LogP contribution in [-0.2, 0) is 0 Å². The quantitative estimate of drug-likeness (QED) is 0.799. The van der Waals surface area contributed by atoms with Crippen molar-refractivity contribution >= 4 is 6.03 Å². The van der Waals surface area contributed by atoms with Crippen LogP contribution in [0.4, 0.5) is 4.79 Å². The van der Waals surface area contributed by atoms with Gasteiger partial charge in [0, 0.05) is 19.1 Å². The number of hydrogen-bond donors (Lipinski definition) is 2. The van der Waals surface area contributed by atoms with E-state index in [1.807, 2.05) is 4.90 Å². The van der Waals surface area contributed by atoms with Crippen LogP contribution in [0.3, 0.4) is 0 Å². The number of nitrogens with zero attached hydrogens (tertiary/aromatic N) is 1. The summed E-state index contributed by atoms with van der Waals surface area (Å²) in [5, 5.41) is 6.72. The largest absolute Gasteiger partial charge is 0.333 e. The van der Waals surface area contributed by atoms with E-state index in [2.05, 4.69) is 10.6 Å². The monoisotopic (exact) mass is 251 g/mol. The molecule has 1 aliphatic carbocycles. The molecule has 3 fully saturated rings. The zero-order valence-corrected chi connectivity index (χ0v) is 11.2. The van der Waals surface area contributed by atoms with Gasteiger partial charge < -0.3 is 15.5 Å². The molecule has 0 bridgehead atoms. The van der Waals surface area contributed by atoms with Crippen LogP contribution >= 0.6 is 0 Å². The minimum absolute atomic E-state index is 0.169. The highest BCUT2D eigenvalue weighted by molar-refractivity contribution is 5.76. The lowest BCUT2D eigenvalue weighted by molar-refractivity contribution is 0.212. The number of rotatable bonds is 4. The Morgan fingerprint density at radius 2 is 2.06 bits per heavy atom. The summed E-state index contributed by atoms with van der Waals surface area (Å²) in [6.45, 7) is 3.02. The molecule has 2 unspecified atom stereocenters.